The molecule has 0 unspecified atom stereocenters. The van der Waals surface area contributed by atoms with Crippen molar-refractivity contribution in [3.63, 3.8) is 0 Å². The Morgan fingerprint density at radius 3 is 2.65 bits per heavy atom. The number of hydrogen-bond donors (Lipinski definition) is 0. The Morgan fingerprint density at radius 1 is 1.35 bits per heavy atom. The summed E-state index contributed by atoms with van der Waals surface area (Å²) in [5, 5.41) is 0. The first-order valence-electron chi connectivity index (χ1n) is 7.17. The number of anilines is 1. The van der Waals surface area contributed by atoms with E-state index in [0.29, 0.717) is 5.92 Å². The topological polar surface area (TPSA) is 32.8 Å². The molecule has 0 N–H and O–H groups in total. The predicted octanol–water partition coefficient (Wildman–Crippen LogP) is 2.25. The monoisotopic (exact) mass is 276 g/mol. The fourth-order valence-corrected chi connectivity index (χ4v) is 2.71. The molecule has 1 aromatic carbocycles. The van der Waals surface area contributed by atoms with Gasteiger partial charge in [0.2, 0.25) is 0 Å². The molecular weight excluding hydrogens is 252 g/mol. The summed E-state index contributed by atoms with van der Waals surface area (Å²) >= 11 is 0. The van der Waals surface area contributed by atoms with Gasteiger partial charge in [-0.05, 0) is 43.0 Å². The molecule has 1 aliphatic heterocycles. The van der Waals surface area contributed by atoms with E-state index in [4.69, 9.17) is 4.74 Å². The molecule has 1 aromatic rings. The van der Waals surface area contributed by atoms with E-state index < -0.39 is 0 Å². The molecule has 1 heterocycles. The summed E-state index contributed by atoms with van der Waals surface area (Å²) in [6, 6.07) is 7.81. The second-order valence-electron chi connectivity index (χ2n) is 5.66. The second kappa shape index (κ2) is 6.75. The van der Waals surface area contributed by atoms with Crippen LogP contribution in [-0.2, 0) is 4.74 Å². The number of methoxy groups -OCH3 is 1. The van der Waals surface area contributed by atoms with Gasteiger partial charge in [-0.2, -0.15) is 0 Å². The van der Waals surface area contributed by atoms with Crippen molar-refractivity contribution >= 4 is 11.6 Å². The maximum absolute atomic E-state index is 12.5. The third-order valence-electron chi connectivity index (χ3n) is 3.84. The molecule has 0 saturated carbocycles. The summed E-state index contributed by atoms with van der Waals surface area (Å²) in [6.07, 6.45) is 2.22. The van der Waals surface area contributed by atoms with Gasteiger partial charge < -0.3 is 14.5 Å². The van der Waals surface area contributed by atoms with Gasteiger partial charge >= 0.3 is 0 Å². The Kier molecular flexibility index (Phi) is 5.01. The average molecular weight is 276 g/mol. The minimum absolute atomic E-state index is 0.135. The fraction of sp³-hybridized carbons (Fsp3) is 0.562. The third kappa shape index (κ3) is 3.51. The van der Waals surface area contributed by atoms with Crippen molar-refractivity contribution < 1.29 is 9.53 Å². The van der Waals surface area contributed by atoms with Gasteiger partial charge in [0.1, 0.15) is 0 Å². The number of rotatable bonds is 4. The van der Waals surface area contributed by atoms with E-state index in [-0.39, 0.29) is 5.91 Å². The van der Waals surface area contributed by atoms with E-state index in [1.165, 1.54) is 0 Å². The number of nitrogens with zero attached hydrogens (tertiary/aromatic N) is 2. The standard InChI is InChI=1S/C16H24N2O2/c1-17(2)15-8-6-14(7-9-15)16(19)18-10-4-5-13(11-18)12-20-3/h6-9,13H,4-5,10-12H2,1-3H3/t13-/m0/s1. The van der Waals surface area contributed by atoms with Crippen LogP contribution in [0.1, 0.15) is 23.2 Å². The van der Waals surface area contributed by atoms with Crippen LogP contribution in [0.25, 0.3) is 0 Å². The highest BCUT2D eigenvalue weighted by Gasteiger charge is 2.24. The Morgan fingerprint density at radius 2 is 2.05 bits per heavy atom. The van der Waals surface area contributed by atoms with Gasteiger partial charge in [0, 0.05) is 45.5 Å². The Bertz CT molecular complexity index is 440. The number of carbonyl (C=O) groups excluding carboxylic acids is 1. The van der Waals surface area contributed by atoms with Crippen LogP contribution in [0.5, 0.6) is 0 Å². The second-order valence-corrected chi connectivity index (χ2v) is 5.66. The molecule has 4 heteroatoms. The van der Waals surface area contributed by atoms with Gasteiger partial charge in [-0.1, -0.05) is 0 Å². The molecule has 0 spiro atoms. The summed E-state index contributed by atoms with van der Waals surface area (Å²) in [7, 11) is 5.72. The van der Waals surface area contributed by atoms with E-state index >= 15 is 0 Å². The lowest BCUT2D eigenvalue weighted by molar-refractivity contribution is 0.0571. The molecule has 20 heavy (non-hydrogen) atoms. The van der Waals surface area contributed by atoms with Gasteiger partial charge in [-0.3, -0.25) is 4.79 Å². The van der Waals surface area contributed by atoms with Crippen LogP contribution in [0.2, 0.25) is 0 Å². The molecule has 1 amide bonds. The van der Waals surface area contributed by atoms with Gasteiger partial charge in [-0.25, -0.2) is 0 Å². The number of piperidine rings is 1. The van der Waals surface area contributed by atoms with E-state index in [1.54, 1.807) is 7.11 Å². The highest BCUT2D eigenvalue weighted by atomic mass is 16.5. The van der Waals surface area contributed by atoms with Crippen molar-refractivity contribution in [2.45, 2.75) is 12.8 Å². The van der Waals surface area contributed by atoms with Crippen molar-refractivity contribution in [3.8, 4) is 0 Å². The summed E-state index contributed by atoms with van der Waals surface area (Å²) in [5.41, 5.74) is 1.88. The summed E-state index contributed by atoms with van der Waals surface area (Å²) < 4.78 is 5.21. The lowest BCUT2D eigenvalue weighted by atomic mass is 9.98. The predicted molar refractivity (Wildman–Crippen MR) is 81.3 cm³/mol. The molecular formula is C16H24N2O2. The van der Waals surface area contributed by atoms with Crippen molar-refractivity contribution in [1.29, 1.82) is 0 Å². The van der Waals surface area contributed by atoms with Crippen molar-refractivity contribution in [1.82, 2.24) is 4.90 Å². The van der Waals surface area contributed by atoms with E-state index in [2.05, 4.69) is 0 Å². The first-order valence-corrected chi connectivity index (χ1v) is 7.17. The zero-order valence-electron chi connectivity index (χ0n) is 12.6. The number of amides is 1. The zero-order chi connectivity index (χ0) is 14.5. The van der Waals surface area contributed by atoms with Crippen LogP contribution in [0.15, 0.2) is 24.3 Å². The van der Waals surface area contributed by atoms with Crippen LogP contribution < -0.4 is 4.90 Å². The number of likely N-dealkylation sites (tertiary alicyclic amines) is 1. The molecule has 110 valence electrons. The number of carbonyl (C=O) groups is 1. The molecule has 0 aliphatic carbocycles. The molecule has 0 aromatic heterocycles. The van der Waals surface area contributed by atoms with Gasteiger partial charge in [0.25, 0.3) is 5.91 Å². The maximum Gasteiger partial charge on any atom is 0.253 e. The van der Waals surface area contributed by atoms with Crippen molar-refractivity contribution in [2.24, 2.45) is 5.92 Å². The molecule has 1 fully saturated rings. The normalized spacial score (nSPS) is 18.9. The smallest absolute Gasteiger partial charge is 0.253 e. The minimum atomic E-state index is 0.135. The largest absolute Gasteiger partial charge is 0.384 e. The number of benzene rings is 1. The fourth-order valence-electron chi connectivity index (χ4n) is 2.71. The van der Waals surface area contributed by atoms with Crippen LogP contribution in [0, 0.1) is 5.92 Å². The van der Waals surface area contributed by atoms with Crippen molar-refractivity contribution in [2.75, 3.05) is 45.8 Å². The molecule has 1 aliphatic rings. The minimum Gasteiger partial charge on any atom is -0.384 e. The molecule has 1 saturated heterocycles. The van der Waals surface area contributed by atoms with Crippen molar-refractivity contribution in [3.05, 3.63) is 29.8 Å². The highest BCUT2D eigenvalue weighted by Crippen LogP contribution is 2.20. The van der Waals surface area contributed by atoms with Crippen LogP contribution in [0.4, 0.5) is 5.69 Å². The Labute approximate surface area is 121 Å². The van der Waals surface area contributed by atoms with Gasteiger partial charge in [0.15, 0.2) is 0 Å². The Balaban J connectivity index is 2.02. The SMILES string of the molecule is COC[C@H]1CCCN(C(=O)c2ccc(N(C)C)cc2)C1. The van der Waals surface area contributed by atoms with Crippen LogP contribution in [-0.4, -0.2) is 51.7 Å². The average Bonchev–Trinajstić information content (AvgIpc) is 2.47. The van der Waals surface area contributed by atoms with Gasteiger partial charge in [0.05, 0.1) is 6.61 Å². The lowest BCUT2D eigenvalue weighted by Crippen LogP contribution is -2.41. The zero-order valence-corrected chi connectivity index (χ0v) is 12.6. The quantitative estimate of drug-likeness (QED) is 0.845. The molecule has 4 nitrogen and oxygen atoms in total. The third-order valence-corrected chi connectivity index (χ3v) is 3.84. The van der Waals surface area contributed by atoms with E-state index in [0.717, 1.165) is 43.8 Å². The van der Waals surface area contributed by atoms with Crippen LogP contribution >= 0.6 is 0 Å². The summed E-state index contributed by atoms with van der Waals surface area (Å²) in [5.74, 6) is 0.606. The molecule has 2 rings (SSSR count). The first kappa shape index (κ1) is 14.9. The molecule has 0 radical (unpaired) electrons. The summed E-state index contributed by atoms with van der Waals surface area (Å²) in [6.45, 7) is 2.40. The number of ether oxygens (including phenoxy) is 1. The first-order chi connectivity index (χ1) is 9.61. The Hall–Kier alpha value is -1.55. The van der Waals surface area contributed by atoms with E-state index in [9.17, 15) is 4.79 Å². The van der Waals surface area contributed by atoms with E-state index in [1.807, 2.05) is 48.2 Å². The van der Waals surface area contributed by atoms with Gasteiger partial charge in [-0.15, -0.1) is 0 Å². The summed E-state index contributed by atoms with van der Waals surface area (Å²) in [4.78, 5) is 16.5. The highest BCUT2D eigenvalue weighted by molar-refractivity contribution is 5.94. The molecule has 0 bridgehead atoms. The maximum atomic E-state index is 12.5. The lowest BCUT2D eigenvalue weighted by Gasteiger charge is -2.32. The molecule has 1 atom stereocenters. The van der Waals surface area contributed by atoms with Crippen LogP contribution in [0.3, 0.4) is 0 Å². The number of hydrogen-bond acceptors (Lipinski definition) is 3.